The maximum Gasteiger partial charge on any atom is 0.272 e. The Hall–Kier alpha value is -5.66. The summed E-state index contributed by atoms with van der Waals surface area (Å²) in [5.41, 5.74) is 11.2. The van der Waals surface area contributed by atoms with Crippen molar-refractivity contribution in [1.82, 2.24) is 20.7 Å². The van der Waals surface area contributed by atoms with Crippen molar-refractivity contribution in [2.75, 3.05) is 32.6 Å². The number of rotatable bonds is 11. The van der Waals surface area contributed by atoms with Gasteiger partial charge in [-0.05, 0) is 61.9 Å². The quantitative estimate of drug-likeness (QED) is 0.0820. The van der Waals surface area contributed by atoms with E-state index in [1.54, 1.807) is 63.5 Å². The van der Waals surface area contributed by atoms with E-state index in [9.17, 15) is 18.8 Å². The maximum atomic E-state index is 14.0. The Morgan fingerprint density at radius 3 is 2.32 bits per heavy atom. The number of benzene rings is 2. The van der Waals surface area contributed by atoms with Crippen LogP contribution in [0.15, 0.2) is 73.3 Å². The molecule has 0 bridgehead atoms. The fourth-order valence-corrected chi connectivity index (χ4v) is 3.39. The Kier molecular flexibility index (Phi) is 13.1. The van der Waals surface area contributed by atoms with Crippen LogP contribution in [0.5, 0.6) is 11.5 Å². The van der Waals surface area contributed by atoms with E-state index < -0.39 is 23.7 Å². The number of nitrogen functional groups attached to an aromatic ring is 1. The number of likely N-dealkylation sites (N-methyl/N-ethyl adjacent to an activating group) is 1. The Morgan fingerprint density at radius 2 is 1.75 bits per heavy atom. The molecule has 234 valence electrons. The third-order valence-corrected chi connectivity index (χ3v) is 5.54. The van der Waals surface area contributed by atoms with Crippen LogP contribution in [-0.2, 0) is 9.59 Å². The van der Waals surface area contributed by atoms with Gasteiger partial charge in [0, 0.05) is 31.5 Å². The summed E-state index contributed by atoms with van der Waals surface area (Å²) in [4.78, 5) is 42.7. The number of aromatic nitrogens is 1. The molecule has 0 aliphatic carbocycles. The van der Waals surface area contributed by atoms with Gasteiger partial charge in [-0.1, -0.05) is 12.6 Å². The molecule has 3 amide bonds. The second-order valence-electron chi connectivity index (χ2n) is 9.32. The zero-order valence-corrected chi connectivity index (χ0v) is 24.8. The van der Waals surface area contributed by atoms with Gasteiger partial charge in [0.15, 0.2) is 23.9 Å². The highest BCUT2D eigenvalue weighted by molar-refractivity contribution is 5.97. The van der Waals surface area contributed by atoms with Gasteiger partial charge in [-0.3, -0.25) is 35.6 Å². The molecule has 3 aromatic rings. The van der Waals surface area contributed by atoms with Crippen LogP contribution in [0.25, 0.3) is 0 Å². The molecule has 0 saturated heterocycles. The summed E-state index contributed by atoms with van der Waals surface area (Å²) in [6.45, 7) is 6.48. The van der Waals surface area contributed by atoms with Crippen LogP contribution in [0, 0.1) is 11.2 Å². The molecule has 7 N–H and O–H groups in total. The molecule has 1 unspecified atom stereocenters. The Morgan fingerprint density at radius 1 is 1.09 bits per heavy atom. The molecule has 1 atom stereocenters. The number of amidine groups is 1. The van der Waals surface area contributed by atoms with Crippen molar-refractivity contribution in [2.45, 2.75) is 19.9 Å². The summed E-state index contributed by atoms with van der Waals surface area (Å²) in [7, 11) is 3.22. The number of hydrogen-bond acceptors (Lipinski definition) is 9. The number of aliphatic hydroxyl groups excluding tert-OH is 1. The highest BCUT2D eigenvalue weighted by atomic mass is 19.1. The third-order valence-electron chi connectivity index (χ3n) is 5.54. The fourth-order valence-electron chi connectivity index (χ4n) is 3.39. The van der Waals surface area contributed by atoms with Gasteiger partial charge < -0.3 is 30.5 Å². The molecule has 3 rings (SSSR count). The lowest BCUT2D eigenvalue weighted by Gasteiger charge is -2.22. The minimum atomic E-state index is -1.08. The van der Waals surface area contributed by atoms with Gasteiger partial charge in [-0.2, -0.15) is 0 Å². The van der Waals surface area contributed by atoms with Crippen molar-refractivity contribution in [3.8, 4) is 11.5 Å². The molecule has 1 aromatic heterocycles. The van der Waals surface area contributed by atoms with E-state index in [4.69, 9.17) is 25.7 Å². The molecule has 1 heterocycles. The Labute approximate surface area is 254 Å². The van der Waals surface area contributed by atoms with Gasteiger partial charge >= 0.3 is 0 Å². The first-order valence-corrected chi connectivity index (χ1v) is 13.2. The van der Waals surface area contributed by atoms with E-state index in [0.717, 1.165) is 6.20 Å². The molecule has 14 heteroatoms. The number of ether oxygens (including phenoxy) is 2. The second-order valence-corrected chi connectivity index (χ2v) is 9.32. The van der Waals surface area contributed by atoms with E-state index in [1.165, 1.54) is 24.1 Å². The van der Waals surface area contributed by atoms with Crippen LogP contribution in [0.2, 0.25) is 0 Å². The molecular formula is C30H36FN7O6. The number of hydrazine groups is 1. The molecule has 2 aromatic carbocycles. The molecular weight excluding hydrogens is 573 g/mol. The molecule has 0 radical (unpaired) electrons. The summed E-state index contributed by atoms with van der Waals surface area (Å²) in [5, 5.41) is 18.5. The fraction of sp³-hybridized carbons (Fsp3) is 0.233. The second kappa shape index (κ2) is 16.7. The lowest BCUT2D eigenvalue weighted by Crippen LogP contribution is -2.45. The number of aliphatic hydroxyl groups is 1. The van der Waals surface area contributed by atoms with Gasteiger partial charge in [0.25, 0.3) is 17.7 Å². The Balaban J connectivity index is 0.00000159. The van der Waals surface area contributed by atoms with E-state index in [1.807, 2.05) is 0 Å². The largest absolute Gasteiger partial charge is 0.513 e. The standard InChI is InChI=1S/C27H30FN7O5.C3H6O/c1-4-39-22-13-17(7-10-21(22)40-15-23(36)35(2)3)24(32-18-8-5-16(6-9-18)25(29)30)27(38)34-33-26(37)19-11-12-31-14-20(19)28;1-3(2)4/h5-14,24,32H,4,15H2,1-3H3,(H3,29,30)(H,33,37)(H,34,38);4H,1H2,2H3. The summed E-state index contributed by atoms with van der Waals surface area (Å²) < 4.78 is 25.3. The predicted octanol–water partition coefficient (Wildman–Crippen LogP) is 3.06. The number of nitrogens with zero attached hydrogens (tertiary/aromatic N) is 2. The number of pyridine rings is 1. The summed E-state index contributed by atoms with van der Waals surface area (Å²) in [5.74, 6) is -2.01. The number of allylic oxidation sites excluding steroid dienone is 1. The van der Waals surface area contributed by atoms with Crippen molar-refractivity contribution in [3.63, 3.8) is 0 Å². The van der Waals surface area contributed by atoms with Crippen LogP contribution in [0.3, 0.4) is 0 Å². The third kappa shape index (κ3) is 10.6. The number of nitrogens with one attached hydrogen (secondary N) is 4. The number of halogens is 1. The zero-order chi connectivity index (χ0) is 32.8. The monoisotopic (exact) mass is 609 g/mol. The lowest BCUT2D eigenvalue weighted by atomic mass is 10.0. The van der Waals surface area contributed by atoms with Crippen LogP contribution in [0.4, 0.5) is 10.1 Å². The predicted molar refractivity (Wildman–Crippen MR) is 163 cm³/mol. The SMILES string of the molecule is C=C(C)O.CCOc1cc(C(Nc2ccc(C(=N)N)cc2)C(=O)NNC(=O)c2ccncc2F)ccc1OCC(=O)N(C)C. The molecule has 0 fully saturated rings. The number of hydrogen-bond donors (Lipinski definition) is 6. The molecule has 0 spiro atoms. The number of nitrogens with two attached hydrogens (primary N) is 1. The maximum absolute atomic E-state index is 14.0. The summed E-state index contributed by atoms with van der Waals surface area (Å²) >= 11 is 0. The van der Waals surface area contributed by atoms with Gasteiger partial charge in [0.05, 0.1) is 24.1 Å². The van der Waals surface area contributed by atoms with E-state index >= 15 is 0 Å². The van der Waals surface area contributed by atoms with Crippen molar-refractivity contribution in [1.29, 1.82) is 5.41 Å². The van der Waals surface area contributed by atoms with Crippen molar-refractivity contribution in [2.24, 2.45) is 5.73 Å². The van der Waals surface area contributed by atoms with Gasteiger partial charge in [-0.15, -0.1) is 0 Å². The van der Waals surface area contributed by atoms with Gasteiger partial charge in [-0.25, -0.2) is 4.39 Å². The topological polar surface area (TPSA) is 192 Å². The van der Waals surface area contributed by atoms with Crippen LogP contribution in [0.1, 0.15) is 41.4 Å². The minimum Gasteiger partial charge on any atom is -0.513 e. The molecule has 44 heavy (non-hydrogen) atoms. The van der Waals surface area contributed by atoms with Crippen molar-refractivity contribution >= 4 is 29.2 Å². The average Bonchev–Trinajstić information content (AvgIpc) is 2.98. The molecule has 0 aliphatic heterocycles. The molecule has 0 saturated carbocycles. The number of carbonyl (C=O) groups excluding carboxylic acids is 3. The zero-order valence-electron chi connectivity index (χ0n) is 24.8. The molecule has 13 nitrogen and oxygen atoms in total. The molecule has 0 aliphatic rings. The van der Waals surface area contributed by atoms with E-state index in [0.29, 0.717) is 28.3 Å². The normalized spacial score (nSPS) is 10.7. The highest BCUT2D eigenvalue weighted by Crippen LogP contribution is 2.32. The smallest absolute Gasteiger partial charge is 0.272 e. The van der Waals surface area contributed by atoms with Crippen LogP contribution >= 0.6 is 0 Å². The first-order chi connectivity index (χ1) is 20.8. The first kappa shape index (κ1) is 34.5. The summed E-state index contributed by atoms with van der Waals surface area (Å²) in [6.07, 6.45) is 2.14. The highest BCUT2D eigenvalue weighted by Gasteiger charge is 2.24. The first-order valence-electron chi connectivity index (χ1n) is 13.2. The van der Waals surface area contributed by atoms with Crippen LogP contribution < -0.4 is 31.4 Å². The van der Waals surface area contributed by atoms with Gasteiger partial charge in [0.1, 0.15) is 11.9 Å². The van der Waals surface area contributed by atoms with Crippen molar-refractivity contribution in [3.05, 3.63) is 95.8 Å². The van der Waals surface area contributed by atoms with E-state index in [-0.39, 0.29) is 36.3 Å². The van der Waals surface area contributed by atoms with Crippen molar-refractivity contribution < 1.29 is 33.4 Å². The Bertz CT molecular complexity index is 1480. The number of carbonyl (C=O) groups is 3. The van der Waals surface area contributed by atoms with Crippen LogP contribution in [-0.4, -0.2) is 65.9 Å². The number of anilines is 1. The van der Waals surface area contributed by atoms with E-state index in [2.05, 4.69) is 27.7 Å². The lowest BCUT2D eigenvalue weighted by molar-refractivity contribution is -0.130. The minimum absolute atomic E-state index is 0.114. The van der Waals surface area contributed by atoms with Gasteiger partial charge in [0.2, 0.25) is 0 Å². The number of amides is 3. The average molecular weight is 610 g/mol. The summed E-state index contributed by atoms with van der Waals surface area (Å²) in [6, 6.07) is 11.3.